The van der Waals surface area contributed by atoms with Gasteiger partial charge in [0.05, 0.1) is 13.2 Å². The Labute approximate surface area is 117 Å². The van der Waals surface area contributed by atoms with E-state index in [2.05, 4.69) is 5.32 Å². The topological polar surface area (TPSA) is 82.8 Å². The first-order valence-corrected chi connectivity index (χ1v) is 6.05. The minimum atomic E-state index is -0.805. The molecular weight excluding hydrogens is 267 g/mol. The molecular formula is C13H19FN2O4. The molecule has 1 aromatic rings. The maximum absolute atomic E-state index is 13.7. The summed E-state index contributed by atoms with van der Waals surface area (Å²) >= 11 is 0. The molecule has 0 bridgehead atoms. The van der Waals surface area contributed by atoms with Crippen LogP contribution in [0.15, 0.2) is 18.2 Å². The number of anilines is 1. The van der Waals surface area contributed by atoms with Crippen molar-refractivity contribution in [2.45, 2.75) is 6.04 Å². The minimum absolute atomic E-state index is 0.0898. The number of hydrogen-bond acceptors (Lipinski definition) is 5. The molecule has 0 fully saturated rings. The highest BCUT2D eigenvalue weighted by Gasteiger charge is 2.14. The summed E-state index contributed by atoms with van der Waals surface area (Å²) in [5.41, 5.74) is 5.86. The van der Waals surface area contributed by atoms with E-state index in [1.165, 1.54) is 32.4 Å². The fraction of sp³-hybridized carbons (Fsp3) is 0.462. The van der Waals surface area contributed by atoms with E-state index < -0.39 is 17.8 Å². The Hall–Kier alpha value is -1.70. The van der Waals surface area contributed by atoms with E-state index in [1.54, 1.807) is 0 Å². The van der Waals surface area contributed by atoms with E-state index in [9.17, 15) is 9.18 Å². The molecule has 1 amide bonds. The van der Waals surface area contributed by atoms with Crippen LogP contribution in [0, 0.1) is 5.82 Å². The molecule has 20 heavy (non-hydrogen) atoms. The van der Waals surface area contributed by atoms with Gasteiger partial charge in [0.25, 0.3) is 0 Å². The van der Waals surface area contributed by atoms with Crippen molar-refractivity contribution in [1.29, 1.82) is 0 Å². The summed E-state index contributed by atoms with van der Waals surface area (Å²) in [6, 6.07) is 3.32. The van der Waals surface area contributed by atoms with Crippen LogP contribution in [0.25, 0.3) is 0 Å². The van der Waals surface area contributed by atoms with E-state index in [0.717, 1.165) is 0 Å². The van der Waals surface area contributed by atoms with E-state index in [4.69, 9.17) is 19.9 Å². The van der Waals surface area contributed by atoms with E-state index in [-0.39, 0.29) is 19.0 Å². The van der Waals surface area contributed by atoms with Gasteiger partial charge in [0.15, 0.2) is 11.6 Å². The fourth-order valence-corrected chi connectivity index (χ4v) is 1.42. The van der Waals surface area contributed by atoms with Gasteiger partial charge in [-0.15, -0.1) is 0 Å². The fourth-order valence-electron chi connectivity index (χ4n) is 1.42. The summed E-state index contributed by atoms with van der Waals surface area (Å²) < 4.78 is 28.4. The SMILES string of the molecule is COCCOc1ccc(NC(=O)C(N)COC)cc1F. The molecule has 0 saturated carbocycles. The number of ether oxygens (including phenoxy) is 3. The number of methoxy groups -OCH3 is 2. The van der Waals surface area contributed by atoms with Crippen molar-refractivity contribution < 1.29 is 23.4 Å². The monoisotopic (exact) mass is 286 g/mol. The normalized spacial score (nSPS) is 12.0. The zero-order valence-electron chi connectivity index (χ0n) is 11.5. The maximum Gasteiger partial charge on any atom is 0.243 e. The Morgan fingerprint density at radius 3 is 2.70 bits per heavy atom. The van der Waals surface area contributed by atoms with Gasteiger partial charge in [-0.1, -0.05) is 0 Å². The largest absolute Gasteiger partial charge is 0.488 e. The smallest absolute Gasteiger partial charge is 0.243 e. The first kappa shape index (κ1) is 16.4. The predicted octanol–water partition coefficient (Wildman–Crippen LogP) is 0.763. The number of benzene rings is 1. The molecule has 1 aromatic carbocycles. The number of rotatable bonds is 8. The lowest BCUT2D eigenvalue weighted by Crippen LogP contribution is -2.39. The summed E-state index contributed by atoms with van der Waals surface area (Å²) in [7, 11) is 2.97. The van der Waals surface area contributed by atoms with Crippen molar-refractivity contribution in [3.8, 4) is 5.75 Å². The van der Waals surface area contributed by atoms with Gasteiger partial charge in [-0.25, -0.2) is 4.39 Å². The molecule has 7 heteroatoms. The minimum Gasteiger partial charge on any atom is -0.488 e. The number of nitrogens with one attached hydrogen (secondary N) is 1. The van der Waals surface area contributed by atoms with Gasteiger partial charge in [0, 0.05) is 26.0 Å². The molecule has 1 rings (SSSR count). The van der Waals surface area contributed by atoms with Gasteiger partial charge >= 0.3 is 0 Å². The Morgan fingerprint density at radius 2 is 2.10 bits per heavy atom. The zero-order valence-corrected chi connectivity index (χ0v) is 11.5. The summed E-state index contributed by atoms with van der Waals surface area (Å²) in [6.45, 7) is 0.703. The first-order valence-electron chi connectivity index (χ1n) is 6.05. The van der Waals surface area contributed by atoms with Gasteiger partial charge < -0.3 is 25.3 Å². The molecule has 0 aliphatic rings. The average Bonchev–Trinajstić information content (AvgIpc) is 2.41. The lowest BCUT2D eigenvalue weighted by molar-refractivity contribution is -0.118. The van der Waals surface area contributed by atoms with Crippen LogP contribution >= 0.6 is 0 Å². The molecule has 112 valence electrons. The van der Waals surface area contributed by atoms with Gasteiger partial charge in [-0.05, 0) is 12.1 Å². The second kappa shape index (κ2) is 8.47. The molecule has 0 saturated heterocycles. The Balaban J connectivity index is 2.60. The van der Waals surface area contributed by atoms with E-state index in [0.29, 0.717) is 12.3 Å². The quantitative estimate of drug-likeness (QED) is 0.690. The Morgan fingerprint density at radius 1 is 1.35 bits per heavy atom. The number of hydrogen-bond donors (Lipinski definition) is 2. The van der Waals surface area contributed by atoms with Gasteiger partial charge in [0.1, 0.15) is 12.6 Å². The van der Waals surface area contributed by atoms with Crippen molar-refractivity contribution in [2.75, 3.05) is 39.4 Å². The molecule has 6 nitrogen and oxygen atoms in total. The van der Waals surface area contributed by atoms with Crippen molar-refractivity contribution in [2.24, 2.45) is 5.73 Å². The summed E-state index contributed by atoms with van der Waals surface area (Å²) in [5, 5.41) is 2.50. The van der Waals surface area contributed by atoms with Crippen molar-refractivity contribution >= 4 is 11.6 Å². The predicted molar refractivity (Wildman–Crippen MR) is 72.3 cm³/mol. The maximum atomic E-state index is 13.7. The molecule has 0 aliphatic carbocycles. The van der Waals surface area contributed by atoms with Crippen LogP contribution in [-0.2, 0) is 14.3 Å². The molecule has 1 unspecified atom stereocenters. The zero-order chi connectivity index (χ0) is 15.0. The number of carbonyl (C=O) groups excluding carboxylic acids is 1. The first-order chi connectivity index (χ1) is 9.58. The van der Waals surface area contributed by atoms with Gasteiger partial charge in [-0.3, -0.25) is 4.79 Å². The van der Waals surface area contributed by atoms with Crippen LogP contribution in [-0.4, -0.2) is 46.0 Å². The molecule has 1 atom stereocenters. The van der Waals surface area contributed by atoms with Gasteiger partial charge in [-0.2, -0.15) is 0 Å². The van der Waals surface area contributed by atoms with Gasteiger partial charge in [0.2, 0.25) is 5.91 Å². The highest BCUT2D eigenvalue weighted by Crippen LogP contribution is 2.21. The third kappa shape index (κ3) is 5.12. The Bertz CT molecular complexity index is 442. The second-order valence-corrected chi connectivity index (χ2v) is 4.04. The average molecular weight is 286 g/mol. The van der Waals surface area contributed by atoms with E-state index >= 15 is 0 Å². The lowest BCUT2D eigenvalue weighted by atomic mass is 10.2. The summed E-state index contributed by atoms with van der Waals surface area (Å²) in [4.78, 5) is 11.6. The van der Waals surface area contributed by atoms with E-state index in [1.807, 2.05) is 0 Å². The third-order valence-corrected chi connectivity index (χ3v) is 2.43. The van der Waals surface area contributed by atoms with Crippen LogP contribution < -0.4 is 15.8 Å². The van der Waals surface area contributed by atoms with Crippen molar-refractivity contribution in [3.05, 3.63) is 24.0 Å². The number of carbonyl (C=O) groups is 1. The molecule has 0 spiro atoms. The number of halogens is 1. The molecule has 0 aliphatic heterocycles. The number of amides is 1. The lowest BCUT2D eigenvalue weighted by Gasteiger charge is -2.12. The van der Waals surface area contributed by atoms with Crippen LogP contribution in [0.1, 0.15) is 0 Å². The highest BCUT2D eigenvalue weighted by atomic mass is 19.1. The molecule has 0 heterocycles. The number of nitrogens with two attached hydrogens (primary N) is 1. The van der Waals surface area contributed by atoms with Crippen LogP contribution in [0.5, 0.6) is 5.75 Å². The Kier molecular flexibility index (Phi) is 6.92. The standard InChI is InChI=1S/C13H19FN2O4/c1-18-5-6-20-12-4-3-9(7-10(12)14)16-13(17)11(15)8-19-2/h3-4,7,11H,5-6,8,15H2,1-2H3,(H,16,17). The summed E-state index contributed by atoms with van der Waals surface area (Å²) in [6.07, 6.45) is 0. The third-order valence-electron chi connectivity index (χ3n) is 2.43. The second-order valence-electron chi connectivity index (χ2n) is 4.04. The van der Waals surface area contributed by atoms with Crippen molar-refractivity contribution in [3.63, 3.8) is 0 Å². The van der Waals surface area contributed by atoms with Crippen molar-refractivity contribution in [1.82, 2.24) is 0 Å². The molecule has 0 radical (unpaired) electrons. The summed E-state index contributed by atoms with van der Waals surface area (Å²) in [5.74, 6) is -0.917. The van der Waals surface area contributed by atoms with Crippen LogP contribution in [0.2, 0.25) is 0 Å². The van der Waals surface area contributed by atoms with Crippen LogP contribution in [0.3, 0.4) is 0 Å². The highest BCUT2D eigenvalue weighted by molar-refractivity contribution is 5.94. The molecule has 0 aromatic heterocycles. The molecule has 3 N–H and O–H groups in total. The van der Waals surface area contributed by atoms with Crippen LogP contribution in [0.4, 0.5) is 10.1 Å².